The predicted molar refractivity (Wildman–Crippen MR) is 103 cm³/mol. The fraction of sp³-hybridized carbons (Fsp3) is 0.381. The summed E-state index contributed by atoms with van der Waals surface area (Å²) < 4.78 is 0. The normalized spacial score (nSPS) is 30.3. The minimum absolute atomic E-state index is 0.101. The fourth-order valence-electron chi connectivity index (χ4n) is 3.81. The van der Waals surface area contributed by atoms with Gasteiger partial charge >= 0.3 is 6.03 Å². The highest BCUT2D eigenvalue weighted by atomic mass is 16.3. The highest BCUT2D eigenvalue weighted by Crippen LogP contribution is 2.41. The number of imide groups is 1. The van der Waals surface area contributed by atoms with Gasteiger partial charge in [-0.2, -0.15) is 0 Å². The second kappa shape index (κ2) is 6.60. The van der Waals surface area contributed by atoms with E-state index >= 15 is 0 Å². The number of hydrogen-bond acceptors (Lipinski definition) is 4. The van der Waals surface area contributed by atoms with Gasteiger partial charge in [-0.3, -0.25) is 14.9 Å². The first-order valence-corrected chi connectivity index (χ1v) is 9.42. The van der Waals surface area contributed by atoms with E-state index in [9.17, 15) is 19.5 Å². The molecule has 1 saturated heterocycles. The lowest BCUT2D eigenvalue weighted by Crippen LogP contribution is -2.63. The van der Waals surface area contributed by atoms with Crippen molar-refractivity contribution in [1.29, 1.82) is 0 Å². The molecule has 1 heterocycles. The lowest BCUT2D eigenvalue weighted by molar-refractivity contribution is -0.142. The van der Waals surface area contributed by atoms with Crippen molar-refractivity contribution in [3.63, 3.8) is 0 Å². The van der Waals surface area contributed by atoms with E-state index in [1.54, 1.807) is 12.2 Å². The van der Waals surface area contributed by atoms with Crippen LogP contribution >= 0.6 is 0 Å². The van der Waals surface area contributed by atoms with E-state index in [0.29, 0.717) is 0 Å². The molecule has 1 saturated carbocycles. The number of nitrogens with one attached hydrogen (secondary N) is 3. The van der Waals surface area contributed by atoms with Crippen molar-refractivity contribution in [2.45, 2.75) is 43.9 Å². The number of rotatable bonds is 5. The Kier molecular flexibility index (Phi) is 4.34. The van der Waals surface area contributed by atoms with Crippen LogP contribution in [-0.2, 0) is 9.59 Å². The van der Waals surface area contributed by atoms with Crippen molar-refractivity contribution in [2.24, 2.45) is 5.41 Å². The molecule has 3 atom stereocenters. The third-order valence-corrected chi connectivity index (χ3v) is 5.77. The molecule has 7 nitrogen and oxygen atoms in total. The molecule has 2 fully saturated rings. The number of aliphatic hydroxyl groups is 1. The van der Waals surface area contributed by atoms with Gasteiger partial charge in [-0.1, -0.05) is 48.6 Å². The minimum atomic E-state index is -1.60. The quantitative estimate of drug-likeness (QED) is 0.576. The lowest BCUT2D eigenvalue weighted by Gasteiger charge is -2.41. The Labute approximate surface area is 162 Å². The molecule has 0 aromatic heterocycles. The van der Waals surface area contributed by atoms with Crippen molar-refractivity contribution in [3.8, 4) is 0 Å². The van der Waals surface area contributed by atoms with Gasteiger partial charge in [0, 0.05) is 6.04 Å². The molecule has 0 radical (unpaired) electrons. The van der Waals surface area contributed by atoms with Crippen molar-refractivity contribution in [2.75, 3.05) is 0 Å². The first-order valence-electron chi connectivity index (χ1n) is 9.42. The van der Waals surface area contributed by atoms with Crippen LogP contribution in [0.4, 0.5) is 4.79 Å². The third kappa shape index (κ3) is 3.01. The molecule has 28 heavy (non-hydrogen) atoms. The van der Waals surface area contributed by atoms with Crippen LogP contribution in [0.2, 0.25) is 0 Å². The van der Waals surface area contributed by atoms with Crippen molar-refractivity contribution < 1.29 is 19.5 Å². The topological polar surface area (TPSA) is 108 Å². The average Bonchev–Trinajstić information content (AvgIpc) is 3.47. The van der Waals surface area contributed by atoms with E-state index in [-0.39, 0.29) is 18.4 Å². The zero-order valence-corrected chi connectivity index (χ0v) is 15.6. The van der Waals surface area contributed by atoms with Gasteiger partial charge in [-0.05, 0) is 37.3 Å². The van der Waals surface area contributed by atoms with Crippen LogP contribution in [0, 0.1) is 5.41 Å². The van der Waals surface area contributed by atoms with Gasteiger partial charge in [0.1, 0.15) is 11.6 Å². The Morgan fingerprint density at radius 3 is 2.50 bits per heavy atom. The number of hydrogen-bond donors (Lipinski definition) is 4. The molecule has 146 valence electrons. The van der Waals surface area contributed by atoms with Gasteiger partial charge in [-0.25, -0.2) is 4.79 Å². The zero-order valence-electron chi connectivity index (χ0n) is 15.6. The molecule has 3 aliphatic rings. The van der Waals surface area contributed by atoms with Crippen molar-refractivity contribution >= 4 is 23.4 Å². The summed E-state index contributed by atoms with van der Waals surface area (Å²) in [7, 11) is 0. The molecule has 7 heteroatoms. The number of carbonyl (C=O) groups excluding carboxylic acids is 3. The number of benzene rings is 1. The Morgan fingerprint density at radius 1 is 1.25 bits per heavy atom. The van der Waals surface area contributed by atoms with E-state index in [4.69, 9.17) is 0 Å². The second-order valence-corrected chi connectivity index (χ2v) is 7.86. The summed E-state index contributed by atoms with van der Waals surface area (Å²) in [6.45, 7) is 1.44. The Hall–Kier alpha value is -2.93. The second-order valence-electron chi connectivity index (χ2n) is 7.86. The number of aliphatic hydroxyl groups excluding tert-OH is 1. The molecule has 4 amide bonds. The minimum Gasteiger partial charge on any atom is -0.389 e. The van der Waals surface area contributed by atoms with Crippen molar-refractivity contribution in [3.05, 3.63) is 54.1 Å². The van der Waals surface area contributed by atoms with Crippen LogP contribution in [0.25, 0.3) is 5.57 Å². The Morgan fingerprint density at radius 2 is 1.96 bits per heavy atom. The summed E-state index contributed by atoms with van der Waals surface area (Å²) in [5.74, 6) is -0.980. The zero-order chi connectivity index (χ0) is 19.9. The van der Waals surface area contributed by atoms with Crippen LogP contribution in [0.15, 0.2) is 48.6 Å². The third-order valence-electron chi connectivity index (χ3n) is 5.77. The molecule has 0 bridgehead atoms. The molecule has 1 aromatic rings. The smallest absolute Gasteiger partial charge is 0.322 e. The maximum Gasteiger partial charge on any atom is 0.322 e. The molecular weight excluding hydrogens is 358 g/mol. The maximum absolute atomic E-state index is 13.1. The Balaban J connectivity index is 1.68. The largest absolute Gasteiger partial charge is 0.389 e. The fourth-order valence-corrected chi connectivity index (χ4v) is 3.81. The Bertz CT molecular complexity index is 890. The molecule has 0 spiro atoms. The van der Waals surface area contributed by atoms with Crippen LogP contribution in [0.3, 0.4) is 0 Å². The molecular formula is C21H23N3O4. The lowest BCUT2D eigenvalue weighted by atomic mass is 9.67. The standard InChI is InChI=1S/C21H23N3O4/c1-20(17(26)23-19(28)24-20)16(25)21(18(27)22-15-7-8-15)11-9-14(10-12-21)13-5-3-2-4-6-13/h2-6,9-11,15-16,25H,7-8,12H2,1H3,(H,22,27)(H2,23,24,26,28). The molecule has 4 rings (SSSR count). The number of amides is 4. The van der Waals surface area contributed by atoms with E-state index < -0.39 is 29.0 Å². The highest BCUT2D eigenvalue weighted by Gasteiger charge is 2.58. The van der Waals surface area contributed by atoms with E-state index in [2.05, 4.69) is 16.0 Å². The van der Waals surface area contributed by atoms with Gasteiger partial charge in [0.15, 0.2) is 0 Å². The van der Waals surface area contributed by atoms with Gasteiger partial charge in [0.05, 0.1) is 5.41 Å². The monoisotopic (exact) mass is 381 g/mol. The molecule has 3 unspecified atom stereocenters. The molecule has 1 aromatic carbocycles. The molecule has 4 N–H and O–H groups in total. The number of urea groups is 1. The summed E-state index contributed by atoms with van der Waals surface area (Å²) in [5.41, 5.74) is -1.01. The summed E-state index contributed by atoms with van der Waals surface area (Å²) in [6, 6.07) is 9.15. The summed E-state index contributed by atoms with van der Waals surface area (Å²) in [6.07, 6.45) is 5.94. The number of carbonyl (C=O) groups is 3. The van der Waals surface area contributed by atoms with Gasteiger partial charge < -0.3 is 15.7 Å². The molecule has 1 aliphatic heterocycles. The summed E-state index contributed by atoms with van der Waals surface area (Å²) in [5, 5.41) is 18.8. The van der Waals surface area contributed by atoms with Crippen LogP contribution in [0.1, 0.15) is 31.7 Å². The van der Waals surface area contributed by atoms with Gasteiger partial charge in [0.25, 0.3) is 5.91 Å². The van der Waals surface area contributed by atoms with Gasteiger partial charge in [0.2, 0.25) is 5.91 Å². The van der Waals surface area contributed by atoms with Crippen LogP contribution in [0.5, 0.6) is 0 Å². The van der Waals surface area contributed by atoms with E-state index in [0.717, 1.165) is 24.0 Å². The van der Waals surface area contributed by atoms with E-state index in [1.165, 1.54) is 6.92 Å². The molecule has 2 aliphatic carbocycles. The predicted octanol–water partition coefficient (Wildman–Crippen LogP) is 1.25. The first-order chi connectivity index (χ1) is 13.3. The van der Waals surface area contributed by atoms with Gasteiger partial charge in [-0.15, -0.1) is 0 Å². The van der Waals surface area contributed by atoms with Crippen LogP contribution in [-0.4, -0.2) is 40.6 Å². The summed E-state index contributed by atoms with van der Waals surface area (Å²) in [4.78, 5) is 37.2. The maximum atomic E-state index is 13.1. The average molecular weight is 381 g/mol. The van der Waals surface area contributed by atoms with Crippen LogP contribution < -0.4 is 16.0 Å². The van der Waals surface area contributed by atoms with Crippen molar-refractivity contribution in [1.82, 2.24) is 16.0 Å². The SMILES string of the molecule is CC1(C(O)C2(C(=O)NC3CC3)C=CC(c3ccccc3)=CC2)NC(=O)NC1=O. The summed E-state index contributed by atoms with van der Waals surface area (Å²) >= 11 is 0. The van der Waals surface area contributed by atoms with E-state index in [1.807, 2.05) is 36.4 Å². The first kappa shape index (κ1) is 18.4. The number of allylic oxidation sites excluding steroid dienone is 3. The highest BCUT2D eigenvalue weighted by molar-refractivity contribution is 6.08.